The summed E-state index contributed by atoms with van der Waals surface area (Å²) in [6, 6.07) is 0. The SMILES string of the molecule is CC1(C)CCCCN1C(=O)OC1CCCC1. The van der Waals surface area contributed by atoms with E-state index in [-0.39, 0.29) is 17.7 Å². The van der Waals surface area contributed by atoms with Gasteiger partial charge in [0, 0.05) is 12.1 Å². The molecular formula is C13H23NO2. The zero-order valence-corrected chi connectivity index (χ0v) is 10.5. The van der Waals surface area contributed by atoms with Crippen molar-refractivity contribution in [3.05, 3.63) is 0 Å². The Balaban J connectivity index is 1.91. The highest BCUT2D eigenvalue weighted by atomic mass is 16.6. The van der Waals surface area contributed by atoms with Gasteiger partial charge in [-0.1, -0.05) is 0 Å². The molecule has 3 heteroatoms. The minimum atomic E-state index is -0.0865. The number of hydrogen-bond acceptors (Lipinski definition) is 2. The molecule has 1 aliphatic heterocycles. The van der Waals surface area contributed by atoms with Crippen LogP contribution < -0.4 is 0 Å². The molecule has 92 valence electrons. The smallest absolute Gasteiger partial charge is 0.410 e. The van der Waals surface area contributed by atoms with Crippen molar-refractivity contribution in [2.24, 2.45) is 0 Å². The van der Waals surface area contributed by atoms with E-state index in [1.165, 1.54) is 19.3 Å². The predicted molar refractivity (Wildman–Crippen MR) is 63.4 cm³/mol. The van der Waals surface area contributed by atoms with Crippen LogP contribution in [0.1, 0.15) is 58.8 Å². The number of rotatable bonds is 1. The Hall–Kier alpha value is -0.730. The fourth-order valence-corrected chi connectivity index (χ4v) is 2.82. The van der Waals surface area contributed by atoms with Crippen molar-refractivity contribution in [2.45, 2.75) is 70.4 Å². The molecule has 1 amide bonds. The summed E-state index contributed by atoms with van der Waals surface area (Å²) in [4.78, 5) is 14.0. The third kappa shape index (κ3) is 2.50. The molecule has 0 aromatic rings. The number of ether oxygens (including phenoxy) is 1. The van der Waals surface area contributed by atoms with Crippen molar-refractivity contribution in [1.82, 2.24) is 4.90 Å². The maximum atomic E-state index is 12.1. The predicted octanol–water partition coefficient (Wildman–Crippen LogP) is 3.33. The first-order valence-corrected chi connectivity index (χ1v) is 6.58. The molecule has 2 fully saturated rings. The summed E-state index contributed by atoms with van der Waals surface area (Å²) in [5.74, 6) is 0. The average Bonchev–Trinajstić information content (AvgIpc) is 2.69. The van der Waals surface area contributed by atoms with Crippen LogP contribution in [0.2, 0.25) is 0 Å². The summed E-state index contributed by atoms with van der Waals surface area (Å²) in [7, 11) is 0. The summed E-state index contributed by atoms with van der Waals surface area (Å²) >= 11 is 0. The molecule has 2 aliphatic rings. The molecule has 0 aromatic heterocycles. The molecule has 1 aliphatic carbocycles. The molecule has 16 heavy (non-hydrogen) atoms. The van der Waals surface area contributed by atoms with Gasteiger partial charge in [0.2, 0.25) is 0 Å². The quantitative estimate of drug-likeness (QED) is 0.685. The maximum Gasteiger partial charge on any atom is 0.410 e. The molecule has 0 spiro atoms. The summed E-state index contributed by atoms with van der Waals surface area (Å²) in [5, 5.41) is 0. The topological polar surface area (TPSA) is 29.5 Å². The van der Waals surface area contributed by atoms with Crippen LogP contribution in [0.4, 0.5) is 4.79 Å². The van der Waals surface area contributed by atoms with Crippen LogP contribution >= 0.6 is 0 Å². The van der Waals surface area contributed by atoms with Crippen LogP contribution in [-0.2, 0) is 4.74 Å². The molecular weight excluding hydrogens is 202 g/mol. The number of likely N-dealkylation sites (tertiary alicyclic amines) is 1. The number of amides is 1. The van der Waals surface area contributed by atoms with E-state index in [4.69, 9.17) is 4.74 Å². The van der Waals surface area contributed by atoms with E-state index in [9.17, 15) is 4.79 Å². The van der Waals surface area contributed by atoms with Gasteiger partial charge in [-0.15, -0.1) is 0 Å². The standard InChI is InChI=1S/C13H23NO2/c1-13(2)9-5-6-10-14(13)12(15)16-11-7-3-4-8-11/h11H,3-10H2,1-2H3. The van der Waals surface area contributed by atoms with Crippen LogP contribution in [0.3, 0.4) is 0 Å². The largest absolute Gasteiger partial charge is 0.446 e. The summed E-state index contributed by atoms with van der Waals surface area (Å²) in [5.41, 5.74) is -0.0199. The second-order valence-corrected chi connectivity index (χ2v) is 5.71. The lowest BCUT2D eigenvalue weighted by molar-refractivity contribution is 0.0210. The Kier molecular flexibility index (Phi) is 3.41. The first-order chi connectivity index (χ1) is 7.59. The van der Waals surface area contributed by atoms with Gasteiger partial charge in [-0.3, -0.25) is 0 Å². The number of hydrogen-bond donors (Lipinski definition) is 0. The molecule has 0 atom stereocenters. The average molecular weight is 225 g/mol. The van der Waals surface area contributed by atoms with Gasteiger partial charge in [0.25, 0.3) is 0 Å². The fraction of sp³-hybridized carbons (Fsp3) is 0.923. The lowest BCUT2D eigenvalue weighted by atomic mass is 9.91. The minimum Gasteiger partial charge on any atom is -0.446 e. The highest BCUT2D eigenvalue weighted by Crippen LogP contribution is 2.29. The number of piperidine rings is 1. The van der Waals surface area contributed by atoms with Crippen LogP contribution in [0, 0.1) is 0 Å². The molecule has 3 nitrogen and oxygen atoms in total. The van der Waals surface area contributed by atoms with Crippen LogP contribution in [0.5, 0.6) is 0 Å². The fourth-order valence-electron chi connectivity index (χ4n) is 2.82. The molecule has 0 radical (unpaired) electrons. The van der Waals surface area contributed by atoms with Crippen molar-refractivity contribution < 1.29 is 9.53 Å². The third-order valence-corrected chi connectivity index (χ3v) is 3.94. The first kappa shape index (κ1) is 11.7. The Morgan fingerprint density at radius 1 is 1.19 bits per heavy atom. The zero-order chi connectivity index (χ0) is 11.6. The molecule has 1 saturated carbocycles. The second kappa shape index (κ2) is 4.64. The van der Waals surface area contributed by atoms with Gasteiger partial charge in [-0.05, 0) is 58.8 Å². The van der Waals surface area contributed by atoms with E-state index < -0.39 is 0 Å². The summed E-state index contributed by atoms with van der Waals surface area (Å²) < 4.78 is 5.57. The van der Waals surface area contributed by atoms with E-state index in [0.717, 1.165) is 32.2 Å². The van der Waals surface area contributed by atoms with Crippen molar-refractivity contribution in [3.63, 3.8) is 0 Å². The molecule has 1 heterocycles. The minimum absolute atomic E-state index is 0.0199. The number of carbonyl (C=O) groups is 1. The van der Waals surface area contributed by atoms with Gasteiger partial charge in [0.05, 0.1) is 0 Å². The summed E-state index contributed by atoms with van der Waals surface area (Å²) in [6.07, 6.45) is 8.06. The lowest BCUT2D eigenvalue weighted by Gasteiger charge is -2.41. The lowest BCUT2D eigenvalue weighted by Crippen LogP contribution is -2.51. The van der Waals surface area contributed by atoms with Gasteiger partial charge < -0.3 is 9.64 Å². The summed E-state index contributed by atoms with van der Waals surface area (Å²) in [6.45, 7) is 5.14. The van der Waals surface area contributed by atoms with Crippen molar-refractivity contribution in [1.29, 1.82) is 0 Å². The first-order valence-electron chi connectivity index (χ1n) is 6.58. The molecule has 0 unspecified atom stereocenters. The van der Waals surface area contributed by atoms with E-state index in [2.05, 4.69) is 13.8 Å². The van der Waals surface area contributed by atoms with Gasteiger partial charge in [-0.2, -0.15) is 0 Å². The van der Waals surface area contributed by atoms with Gasteiger partial charge in [-0.25, -0.2) is 4.79 Å². The Morgan fingerprint density at radius 2 is 1.88 bits per heavy atom. The highest BCUT2D eigenvalue weighted by Gasteiger charge is 2.35. The number of nitrogens with zero attached hydrogens (tertiary/aromatic N) is 1. The van der Waals surface area contributed by atoms with E-state index in [0.29, 0.717) is 0 Å². The molecule has 1 saturated heterocycles. The highest BCUT2D eigenvalue weighted by molar-refractivity contribution is 5.69. The molecule has 0 N–H and O–H groups in total. The Morgan fingerprint density at radius 3 is 2.50 bits per heavy atom. The van der Waals surface area contributed by atoms with Crippen molar-refractivity contribution in [2.75, 3.05) is 6.54 Å². The Labute approximate surface area is 98.1 Å². The van der Waals surface area contributed by atoms with E-state index in [1.54, 1.807) is 0 Å². The van der Waals surface area contributed by atoms with Gasteiger partial charge in [0.1, 0.15) is 6.10 Å². The molecule has 0 bridgehead atoms. The van der Waals surface area contributed by atoms with Gasteiger partial charge >= 0.3 is 6.09 Å². The van der Waals surface area contributed by atoms with Crippen LogP contribution in [0.25, 0.3) is 0 Å². The molecule has 2 rings (SSSR count). The maximum absolute atomic E-state index is 12.1. The second-order valence-electron chi connectivity index (χ2n) is 5.71. The van der Waals surface area contributed by atoms with Crippen molar-refractivity contribution >= 4 is 6.09 Å². The monoisotopic (exact) mass is 225 g/mol. The Bertz CT molecular complexity index is 257. The normalized spacial score (nSPS) is 25.8. The van der Waals surface area contributed by atoms with Crippen LogP contribution in [-0.4, -0.2) is 29.2 Å². The van der Waals surface area contributed by atoms with E-state index in [1.807, 2.05) is 4.90 Å². The molecule has 0 aromatic carbocycles. The van der Waals surface area contributed by atoms with Crippen molar-refractivity contribution in [3.8, 4) is 0 Å². The zero-order valence-electron chi connectivity index (χ0n) is 10.5. The number of carbonyl (C=O) groups excluding carboxylic acids is 1. The third-order valence-electron chi connectivity index (χ3n) is 3.94. The van der Waals surface area contributed by atoms with Crippen LogP contribution in [0.15, 0.2) is 0 Å². The van der Waals surface area contributed by atoms with Gasteiger partial charge in [0.15, 0.2) is 0 Å². The van der Waals surface area contributed by atoms with E-state index >= 15 is 0 Å².